The third kappa shape index (κ3) is 43.0. The summed E-state index contributed by atoms with van der Waals surface area (Å²) in [6.07, 6.45) is 56.9. The highest BCUT2D eigenvalue weighted by Gasteiger charge is 2.44. The Morgan fingerprint density at radius 1 is 0.442 bits per heavy atom. The normalized spacial score (nSPS) is 19.6. The van der Waals surface area contributed by atoms with Crippen molar-refractivity contribution in [1.29, 1.82) is 0 Å². The van der Waals surface area contributed by atoms with E-state index in [9.17, 15) is 40.5 Å². The van der Waals surface area contributed by atoms with Gasteiger partial charge < -0.3 is 50.5 Å². The van der Waals surface area contributed by atoms with Gasteiger partial charge >= 0.3 is 0 Å². The molecule has 77 heavy (non-hydrogen) atoms. The fraction of sp³-hybridized carbons (Fsp3) is 0.924. The van der Waals surface area contributed by atoms with Crippen LogP contribution in [0.25, 0.3) is 0 Å². The van der Waals surface area contributed by atoms with Crippen LogP contribution in [-0.2, 0) is 14.3 Å². The predicted octanol–water partition coefficient (Wildman–Crippen LogP) is 15.2. The lowest BCUT2D eigenvalue weighted by atomic mass is 9.98. The molecule has 0 aromatic carbocycles. The van der Waals surface area contributed by atoms with Crippen molar-refractivity contribution in [2.75, 3.05) is 13.2 Å². The number of rotatable bonds is 58. The molecule has 1 fully saturated rings. The van der Waals surface area contributed by atoms with E-state index in [0.717, 1.165) is 57.8 Å². The average Bonchev–Trinajstić information content (AvgIpc) is 3.43. The molecular formula is C66H127NO10. The molecule has 1 heterocycles. The third-order valence-corrected chi connectivity index (χ3v) is 16.2. The van der Waals surface area contributed by atoms with Crippen LogP contribution in [0.4, 0.5) is 0 Å². The van der Waals surface area contributed by atoms with Crippen molar-refractivity contribution in [3.63, 3.8) is 0 Å². The van der Waals surface area contributed by atoms with E-state index in [1.807, 2.05) is 0 Å². The summed E-state index contributed by atoms with van der Waals surface area (Å²) in [5.41, 5.74) is 0. The molecule has 11 heteroatoms. The molecule has 1 aliphatic heterocycles. The molecule has 1 rings (SSSR count). The monoisotopic (exact) mass is 1090 g/mol. The molecule has 0 aliphatic carbocycles. The second-order valence-electron chi connectivity index (χ2n) is 23.5. The first-order valence-corrected chi connectivity index (χ1v) is 33.2. The Morgan fingerprint density at radius 3 is 1.12 bits per heavy atom. The van der Waals surface area contributed by atoms with Gasteiger partial charge in [0.2, 0.25) is 5.91 Å². The van der Waals surface area contributed by atoms with Crippen LogP contribution in [0.15, 0.2) is 24.3 Å². The molecule has 1 amide bonds. The summed E-state index contributed by atoms with van der Waals surface area (Å²) in [7, 11) is 0. The van der Waals surface area contributed by atoms with Gasteiger partial charge in [-0.3, -0.25) is 4.79 Å². The van der Waals surface area contributed by atoms with Crippen LogP contribution in [0.1, 0.15) is 322 Å². The summed E-state index contributed by atoms with van der Waals surface area (Å²) in [6.45, 7) is 3.49. The molecule has 9 unspecified atom stereocenters. The number of aliphatic hydroxyl groups excluding tert-OH is 7. The van der Waals surface area contributed by atoms with Gasteiger partial charge in [0.05, 0.1) is 25.4 Å². The zero-order valence-corrected chi connectivity index (χ0v) is 50.2. The van der Waals surface area contributed by atoms with E-state index in [0.29, 0.717) is 12.8 Å². The van der Waals surface area contributed by atoms with Crippen molar-refractivity contribution < 1.29 is 50.0 Å². The minimum Gasteiger partial charge on any atom is -0.394 e. The van der Waals surface area contributed by atoms with Crippen molar-refractivity contribution in [2.45, 2.75) is 377 Å². The van der Waals surface area contributed by atoms with Crippen molar-refractivity contribution in [3.8, 4) is 0 Å². The van der Waals surface area contributed by atoms with Crippen LogP contribution in [0.5, 0.6) is 0 Å². The van der Waals surface area contributed by atoms with Crippen LogP contribution in [0.2, 0.25) is 0 Å². The molecule has 0 spiro atoms. The number of unbranched alkanes of at least 4 members (excludes halogenated alkanes) is 42. The predicted molar refractivity (Wildman–Crippen MR) is 321 cm³/mol. The van der Waals surface area contributed by atoms with E-state index in [-0.39, 0.29) is 12.8 Å². The summed E-state index contributed by atoms with van der Waals surface area (Å²) in [4.78, 5) is 13.2. The second kappa shape index (κ2) is 55.1. The molecule has 8 N–H and O–H groups in total. The van der Waals surface area contributed by atoms with Crippen molar-refractivity contribution in [2.24, 2.45) is 0 Å². The maximum absolute atomic E-state index is 13.2. The minimum atomic E-state index is -1.67. The molecule has 0 saturated carbocycles. The lowest BCUT2D eigenvalue weighted by molar-refractivity contribution is -0.303. The Morgan fingerprint density at radius 2 is 0.766 bits per heavy atom. The van der Waals surface area contributed by atoms with Crippen LogP contribution >= 0.6 is 0 Å². The number of aliphatic hydroxyl groups is 7. The van der Waals surface area contributed by atoms with Crippen molar-refractivity contribution in [1.82, 2.24) is 5.32 Å². The molecular weight excluding hydrogens is 967 g/mol. The third-order valence-electron chi connectivity index (χ3n) is 16.2. The summed E-state index contributed by atoms with van der Waals surface area (Å²) >= 11 is 0. The zero-order chi connectivity index (χ0) is 56.1. The summed E-state index contributed by atoms with van der Waals surface area (Å²) in [5.74, 6) is -0.706. The van der Waals surface area contributed by atoms with Gasteiger partial charge in [-0.15, -0.1) is 0 Å². The minimum absolute atomic E-state index is 0.248. The molecule has 0 aromatic heterocycles. The smallest absolute Gasteiger partial charge is 0.249 e. The molecule has 9 atom stereocenters. The molecule has 456 valence electrons. The average molecular weight is 1090 g/mol. The SMILES string of the molecule is CCCCCCCCCCCC/C=C\CCCCCCCCC(O)C(=O)NC(COC1OC(CO)C(O)C(O)C1O)C(O)C(O)CCC/C=C/CCCCCCCCCCCCCCCCCCCCCCCCCCC. The number of hydrogen-bond acceptors (Lipinski definition) is 10. The van der Waals surface area contributed by atoms with Crippen molar-refractivity contribution >= 4 is 5.91 Å². The van der Waals surface area contributed by atoms with E-state index < -0.39 is 74.2 Å². The first-order valence-electron chi connectivity index (χ1n) is 33.2. The van der Waals surface area contributed by atoms with Gasteiger partial charge in [0.25, 0.3) is 0 Å². The van der Waals surface area contributed by atoms with Gasteiger partial charge in [-0.05, 0) is 64.2 Å². The van der Waals surface area contributed by atoms with Crippen LogP contribution in [-0.4, -0.2) is 110 Å². The topological polar surface area (TPSA) is 189 Å². The fourth-order valence-corrected chi connectivity index (χ4v) is 10.9. The Balaban J connectivity index is 2.24. The lowest BCUT2D eigenvalue weighted by Crippen LogP contribution is -2.60. The summed E-state index contributed by atoms with van der Waals surface area (Å²) in [6, 6.07) is -1.19. The van der Waals surface area contributed by atoms with E-state index >= 15 is 0 Å². The highest BCUT2D eigenvalue weighted by Crippen LogP contribution is 2.24. The van der Waals surface area contributed by atoms with Gasteiger partial charge in [-0.2, -0.15) is 0 Å². The van der Waals surface area contributed by atoms with Crippen molar-refractivity contribution in [3.05, 3.63) is 24.3 Å². The van der Waals surface area contributed by atoms with Gasteiger partial charge in [-0.1, -0.05) is 282 Å². The molecule has 11 nitrogen and oxygen atoms in total. The van der Waals surface area contributed by atoms with E-state index in [1.165, 1.54) is 225 Å². The molecule has 1 aliphatic rings. The van der Waals surface area contributed by atoms with Crippen LogP contribution < -0.4 is 5.32 Å². The van der Waals surface area contributed by atoms with Gasteiger partial charge in [0, 0.05) is 0 Å². The zero-order valence-electron chi connectivity index (χ0n) is 50.2. The van der Waals surface area contributed by atoms with E-state index in [4.69, 9.17) is 9.47 Å². The quantitative estimate of drug-likeness (QED) is 0.0215. The number of allylic oxidation sites excluding steroid dienone is 4. The number of hydrogen-bond donors (Lipinski definition) is 8. The Bertz CT molecular complexity index is 1300. The summed E-state index contributed by atoms with van der Waals surface area (Å²) < 4.78 is 11.2. The number of amides is 1. The highest BCUT2D eigenvalue weighted by molar-refractivity contribution is 5.80. The molecule has 0 aromatic rings. The van der Waals surface area contributed by atoms with Gasteiger partial charge in [-0.25, -0.2) is 0 Å². The lowest BCUT2D eigenvalue weighted by Gasteiger charge is -2.40. The summed E-state index contributed by atoms with van der Waals surface area (Å²) in [5, 5.41) is 76.3. The number of carbonyl (C=O) groups excluding carboxylic acids is 1. The number of nitrogens with one attached hydrogen (secondary N) is 1. The largest absolute Gasteiger partial charge is 0.394 e. The first kappa shape index (κ1) is 73.6. The van der Waals surface area contributed by atoms with Crippen LogP contribution in [0, 0.1) is 0 Å². The maximum Gasteiger partial charge on any atom is 0.249 e. The van der Waals surface area contributed by atoms with Crippen LogP contribution in [0.3, 0.4) is 0 Å². The fourth-order valence-electron chi connectivity index (χ4n) is 10.9. The molecule has 1 saturated heterocycles. The Kier molecular flexibility index (Phi) is 52.7. The van der Waals surface area contributed by atoms with Gasteiger partial charge in [0.1, 0.15) is 36.6 Å². The number of ether oxygens (including phenoxy) is 2. The maximum atomic E-state index is 13.2. The van der Waals surface area contributed by atoms with E-state index in [2.05, 4.69) is 43.5 Å². The highest BCUT2D eigenvalue weighted by atomic mass is 16.7. The standard InChI is InChI=1S/C66H127NO10/c1-3-5-7-9-11-13-15-17-19-21-23-25-26-27-28-29-30-31-32-33-34-36-37-39-41-43-45-47-49-51-53-58(69)61(71)57(56-76-66-64(74)63(73)62(72)60(55-68)77-66)67-65(75)59(70)54-52-50-48-46-44-42-40-38-35-24-22-20-18-16-14-12-10-8-6-4-2/h35,38,45,47,57-64,66,68-74H,3-34,36-37,39-44,46,48-56H2,1-2H3,(H,67,75)/b38-35-,47-45+. The van der Waals surface area contributed by atoms with Gasteiger partial charge in [0.15, 0.2) is 6.29 Å². The first-order chi connectivity index (χ1) is 37.7. The number of carbonyl (C=O) groups is 1. The second-order valence-corrected chi connectivity index (χ2v) is 23.5. The van der Waals surface area contributed by atoms with E-state index in [1.54, 1.807) is 0 Å². The Hall–Kier alpha value is -1.41. The Labute approximate surface area is 474 Å². The molecule has 0 radical (unpaired) electrons. The molecule has 0 bridgehead atoms.